The van der Waals surface area contributed by atoms with Crippen LogP contribution >= 0.6 is 15.9 Å². The number of nitrogens with zero attached hydrogens (tertiary/aromatic N) is 1. The molecule has 0 spiro atoms. The average molecular weight is 269 g/mol. The van der Waals surface area contributed by atoms with E-state index in [2.05, 4.69) is 64.4 Å². The molecule has 2 nitrogen and oxygen atoms in total. The van der Waals surface area contributed by atoms with Crippen molar-refractivity contribution in [1.82, 2.24) is 10.2 Å². The van der Waals surface area contributed by atoms with Crippen molar-refractivity contribution in [2.45, 2.75) is 19.0 Å². The van der Waals surface area contributed by atoms with E-state index in [0.29, 0.717) is 12.1 Å². The summed E-state index contributed by atoms with van der Waals surface area (Å²) in [5.74, 6) is 0. The van der Waals surface area contributed by atoms with E-state index in [-0.39, 0.29) is 0 Å². The van der Waals surface area contributed by atoms with Crippen LogP contribution in [0.3, 0.4) is 0 Å². The van der Waals surface area contributed by atoms with Crippen LogP contribution in [-0.2, 0) is 0 Å². The summed E-state index contributed by atoms with van der Waals surface area (Å²) in [6.07, 6.45) is 0. The van der Waals surface area contributed by atoms with Crippen molar-refractivity contribution in [3.63, 3.8) is 0 Å². The number of piperazine rings is 1. The Morgan fingerprint density at radius 3 is 2.67 bits per heavy atom. The molecule has 1 N–H and O–H groups in total. The quantitative estimate of drug-likeness (QED) is 0.842. The molecule has 1 aromatic rings. The topological polar surface area (TPSA) is 15.3 Å². The molecular formula is C12H17BrN2. The molecule has 1 saturated heterocycles. The summed E-state index contributed by atoms with van der Waals surface area (Å²) in [7, 11) is 2.19. The van der Waals surface area contributed by atoms with Crippen LogP contribution in [0.4, 0.5) is 0 Å². The van der Waals surface area contributed by atoms with Gasteiger partial charge in [-0.25, -0.2) is 0 Å². The first-order valence-electron chi connectivity index (χ1n) is 5.37. The summed E-state index contributed by atoms with van der Waals surface area (Å²) in [6, 6.07) is 9.61. The van der Waals surface area contributed by atoms with Crippen LogP contribution in [0.1, 0.15) is 18.5 Å². The van der Waals surface area contributed by atoms with Gasteiger partial charge in [0.15, 0.2) is 0 Å². The summed E-state index contributed by atoms with van der Waals surface area (Å²) < 4.78 is 1.14. The van der Waals surface area contributed by atoms with Gasteiger partial charge in [-0.15, -0.1) is 0 Å². The summed E-state index contributed by atoms with van der Waals surface area (Å²) in [4.78, 5) is 2.41. The molecule has 2 rings (SSSR count). The zero-order chi connectivity index (χ0) is 10.8. The molecule has 1 aromatic carbocycles. The fourth-order valence-corrected chi connectivity index (χ4v) is 2.36. The van der Waals surface area contributed by atoms with E-state index in [1.807, 2.05) is 0 Å². The molecule has 82 valence electrons. The minimum atomic E-state index is 0.455. The lowest BCUT2D eigenvalue weighted by molar-refractivity contribution is 0.164. The minimum Gasteiger partial charge on any atom is -0.307 e. The third-order valence-corrected chi connectivity index (χ3v) is 3.76. The van der Waals surface area contributed by atoms with E-state index in [0.717, 1.165) is 17.6 Å². The van der Waals surface area contributed by atoms with E-state index in [1.165, 1.54) is 5.56 Å². The highest BCUT2D eigenvalue weighted by atomic mass is 79.9. The first-order chi connectivity index (χ1) is 7.18. The lowest BCUT2D eigenvalue weighted by Crippen LogP contribution is -2.49. The largest absolute Gasteiger partial charge is 0.307 e. The molecule has 0 aliphatic carbocycles. The van der Waals surface area contributed by atoms with Gasteiger partial charge in [-0.3, -0.25) is 0 Å². The fourth-order valence-electron chi connectivity index (χ4n) is 2.09. The molecule has 0 aromatic heterocycles. The van der Waals surface area contributed by atoms with Crippen molar-refractivity contribution < 1.29 is 0 Å². The summed E-state index contributed by atoms with van der Waals surface area (Å²) in [6.45, 7) is 4.48. The van der Waals surface area contributed by atoms with Crippen molar-refractivity contribution in [1.29, 1.82) is 0 Å². The number of likely N-dealkylation sites (N-methyl/N-ethyl adjacent to an activating group) is 1. The zero-order valence-electron chi connectivity index (χ0n) is 9.20. The molecule has 2 atom stereocenters. The van der Waals surface area contributed by atoms with E-state index < -0.39 is 0 Å². The number of hydrogen-bond acceptors (Lipinski definition) is 2. The van der Waals surface area contributed by atoms with Crippen molar-refractivity contribution in [3.8, 4) is 0 Å². The second kappa shape index (κ2) is 4.64. The molecule has 0 saturated carbocycles. The Kier molecular flexibility index (Phi) is 3.44. The van der Waals surface area contributed by atoms with Crippen molar-refractivity contribution in [3.05, 3.63) is 34.3 Å². The molecule has 15 heavy (non-hydrogen) atoms. The van der Waals surface area contributed by atoms with E-state index >= 15 is 0 Å². The lowest BCUT2D eigenvalue weighted by atomic mass is 9.98. The Balaban J connectivity index is 2.18. The van der Waals surface area contributed by atoms with Crippen molar-refractivity contribution >= 4 is 15.9 Å². The predicted molar refractivity (Wildman–Crippen MR) is 67.0 cm³/mol. The third-order valence-electron chi connectivity index (χ3n) is 3.24. The highest BCUT2D eigenvalue weighted by Gasteiger charge is 2.25. The predicted octanol–water partition coefficient (Wildman–Crippen LogP) is 2.41. The normalized spacial score (nSPS) is 27.9. The highest BCUT2D eigenvalue weighted by Crippen LogP contribution is 2.24. The van der Waals surface area contributed by atoms with Crippen LogP contribution in [-0.4, -0.2) is 31.1 Å². The van der Waals surface area contributed by atoms with Crippen LogP contribution in [0.15, 0.2) is 28.7 Å². The van der Waals surface area contributed by atoms with Gasteiger partial charge in [0.05, 0.1) is 0 Å². The molecule has 1 heterocycles. The van der Waals surface area contributed by atoms with Gasteiger partial charge in [0.2, 0.25) is 0 Å². The maximum Gasteiger partial charge on any atom is 0.0475 e. The van der Waals surface area contributed by atoms with Gasteiger partial charge in [0.25, 0.3) is 0 Å². The van der Waals surface area contributed by atoms with Gasteiger partial charge in [-0.2, -0.15) is 0 Å². The highest BCUT2D eigenvalue weighted by molar-refractivity contribution is 9.10. The van der Waals surface area contributed by atoms with Gasteiger partial charge in [-0.1, -0.05) is 28.1 Å². The van der Waals surface area contributed by atoms with Crippen molar-refractivity contribution in [2.24, 2.45) is 0 Å². The number of rotatable bonds is 1. The molecule has 0 radical (unpaired) electrons. The number of hydrogen-bond donors (Lipinski definition) is 1. The lowest BCUT2D eigenvalue weighted by Gasteiger charge is -2.38. The monoisotopic (exact) mass is 268 g/mol. The average Bonchev–Trinajstić information content (AvgIpc) is 2.24. The summed E-state index contributed by atoms with van der Waals surface area (Å²) in [5, 5.41) is 3.58. The molecular weight excluding hydrogens is 252 g/mol. The molecule has 1 fully saturated rings. The van der Waals surface area contributed by atoms with Gasteiger partial charge in [0, 0.05) is 29.6 Å². The number of nitrogens with one attached hydrogen (secondary N) is 1. The molecule has 0 bridgehead atoms. The van der Waals surface area contributed by atoms with Gasteiger partial charge in [-0.05, 0) is 31.7 Å². The van der Waals surface area contributed by atoms with Crippen LogP contribution in [0.2, 0.25) is 0 Å². The third kappa shape index (κ3) is 2.41. The first kappa shape index (κ1) is 11.1. The second-order valence-electron chi connectivity index (χ2n) is 4.20. The Labute approximate surface area is 99.8 Å². The first-order valence-corrected chi connectivity index (χ1v) is 6.17. The standard InChI is InChI=1S/C12H17BrN2/c1-9-12(14-7-8-15(9)2)10-3-5-11(13)6-4-10/h3-6,9,12,14H,7-8H2,1-2H3. The Hall–Kier alpha value is -0.380. The molecule has 1 aliphatic heterocycles. The van der Waals surface area contributed by atoms with Gasteiger partial charge in [0.1, 0.15) is 0 Å². The van der Waals surface area contributed by atoms with Gasteiger partial charge < -0.3 is 10.2 Å². The number of benzene rings is 1. The maximum absolute atomic E-state index is 3.58. The van der Waals surface area contributed by atoms with Crippen LogP contribution in [0.25, 0.3) is 0 Å². The summed E-state index contributed by atoms with van der Waals surface area (Å²) >= 11 is 3.47. The Morgan fingerprint density at radius 1 is 1.33 bits per heavy atom. The SMILES string of the molecule is CC1C(c2ccc(Br)cc2)NCCN1C. The van der Waals surface area contributed by atoms with Crippen LogP contribution < -0.4 is 5.32 Å². The fraction of sp³-hybridized carbons (Fsp3) is 0.500. The Bertz CT molecular complexity index is 323. The van der Waals surface area contributed by atoms with Crippen molar-refractivity contribution in [2.75, 3.05) is 20.1 Å². The Morgan fingerprint density at radius 2 is 2.00 bits per heavy atom. The molecule has 2 unspecified atom stereocenters. The van der Waals surface area contributed by atoms with Crippen LogP contribution in [0.5, 0.6) is 0 Å². The maximum atomic E-state index is 3.58. The molecule has 0 amide bonds. The zero-order valence-corrected chi connectivity index (χ0v) is 10.8. The molecule has 3 heteroatoms. The smallest absolute Gasteiger partial charge is 0.0475 e. The van der Waals surface area contributed by atoms with E-state index in [1.54, 1.807) is 0 Å². The van der Waals surface area contributed by atoms with Gasteiger partial charge >= 0.3 is 0 Å². The second-order valence-corrected chi connectivity index (χ2v) is 5.12. The van der Waals surface area contributed by atoms with E-state index in [4.69, 9.17) is 0 Å². The number of halogens is 1. The minimum absolute atomic E-state index is 0.455. The van der Waals surface area contributed by atoms with Crippen LogP contribution in [0, 0.1) is 0 Å². The summed E-state index contributed by atoms with van der Waals surface area (Å²) in [5.41, 5.74) is 1.37. The van der Waals surface area contributed by atoms with E-state index in [9.17, 15) is 0 Å². The molecule has 1 aliphatic rings.